The molecular formula is C35H56O4S. The number of hydrogen-bond acceptors (Lipinski definition) is 4. The van der Waals surface area contributed by atoms with E-state index < -0.39 is 9.84 Å². The lowest BCUT2D eigenvalue weighted by Gasteiger charge is -2.28. The molecule has 0 amide bonds. The smallest absolute Gasteiger partial charge is 0.178 e. The van der Waals surface area contributed by atoms with E-state index >= 15 is 0 Å². The van der Waals surface area contributed by atoms with E-state index in [2.05, 4.69) is 61.6 Å². The molecule has 0 aromatic heterocycles. The second kappa shape index (κ2) is 14.6. The van der Waals surface area contributed by atoms with Crippen LogP contribution in [0.2, 0.25) is 0 Å². The van der Waals surface area contributed by atoms with Gasteiger partial charge in [0.05, 0.1) is 35.1 Å². The summed E-state index contributed by atoms with van der Waals surface area (Å²) in [6.45, 7) is 24.4. The largest absolute Gasteiger partial charge is 0.374 e. The SMILES string of the molecule is C=C1C[C@H](C)OC1CC[C@@H](C)C[C@@H](C)C(=C)[C@H](C)CC1O[C@H](C[C@H](C)CC)[C@H](C)[C@H]1CS(=O)(=O)c1ccccc1. The summed E-state index contributed by atoms with van der Waals surface area (Å²) in [5.74, 6) is 2.12. The normalized spacial score (nSPS) is 30.2. The van der Waals surface area contributed by atoms with Crippen molar-refractivity contribution in [3.63, 3.8) is 0 Å². The summed E-state index contributed by atoms with van der Waals surface area (Å²) in [7, 11) is -3.40. The van der Waals surface area contributed by atoms with Gasteiger partial charge in [0.15, 0.2) is 9.84 Å². The Bertz CT molecular complexity index is 1060. The maximum atomic E-state index is 13.4. The molecule has 0 radical (unpaired) electrons. The van der Waals surface area contributed by atoms with Crippen LogP contribution in [0.25, 0.3) is 0 Å². The molecule has 1 aromatic rings. The summed E-state index contributed by atoms with van der Waals surface area (Å²) in [6, 6.07) is 8.89. The summed E-state index contributed by atoms with van der Waals surface area (Å²) < 4.78 is 39.6. The molecule has 40 heavy (non-hydrogen) atoms. The Balaban J connectivity index is 1.63. The molecule has 1 aromatic carbocycles. The molecule has 0 aliphatic carbocycles. The monoisotopic (exact) mass is 572 g/mol. The van der Waals surface area contributed by atoms with Crippen molar-refractivity contribution in [2.45, 2.75) is 123 Å². The fraction of sp³-hybridized carbons (Fsp3) is 0.714. The van der Waals surface area contributed by atoms with Gasteiger partial charge in [-0.2, -0.15) is 0 Å². The lowest BCUT2D eigenvalue weighted by atomic mass is 9.79. The van der Waals surface area contributed by atoms with Gasteiger partial charge >= 0.3 is 0 Å². The summed E-state index contributed by atoms with van der Waals surface area (Å²) in [6.07, 6.45) is 7.69. The van der Waals surface area contributed by atoms with Crippen LogP contribution in [0.5, 0.6) is 0 Å². The number of benzene rings is 1. The topological polar surface area (TPSA) is 52.6 Å². The first-order valence-electron chi connectivity index (χ1n) is 15.8. The zero-order valence-corrected chi connectivity index (χ0v) is 27.1. The van der Waals surface area contributed by atoms with Crippen molar-refractivity contribution < 1.29 is 17.9 Å². The molecule has 226 valence electrons. The van der Waals surface area contributed by atoms with Crippen LogP contribution in [0.1, 0.15) is 93.4 Å². The van der Waals surface area contributed by atoms with Crippen LogP contribution >= 0.6 is 0 Å². The lowest BCUT2D eigenvalue weighted by Crippen LogP contribution is -2.30. The maximum Gasteiger partial charge on any atom is 0.178 e. The van der Waals surface area contributed by atoms with Gasteiger partial charge in [-0.3, -0.25) is 0 Å². The van der Waals surface area contributed by atoms with Gasteiger partial charge in [0, 0.05) is 5.92 Å². The Labute approximate surface area is 245 Å². The predicted octanol–water partition coefficient (Wildman–Crippen LogP) is 8.67. The van der Waals surface area contributed by atoms with Gasteiger partial charge in [0.25, 0.3) is 0 Å². The minimum Gasteiger partial charge on any atom is -0.374 e. The number of hydrogen-bond donors (Lipinski definition) is 0. The highest BCUT2D eigenvalue weighted by atomic mass is 32.2. The van der Waals surface area contributed by atoms with E-state index in [4.69, 9.17) is 9.47 Å². The summed E-state index contributed by atoms with van der Waals surface area (Å²) >= 11 is 0. The van der Waals surface area contributed by atoms with E-state index in [1.165, 1.54) is 11.1 Å². The van der Waals surface area contributed by atoms with Crippen molar-refractivity contribution in [3.05, 3.63) is 54.6 Å². The van der Waals surface area contributed by atoms with Gasteiger partial charge in [0.2, 0.25) is 0 Å². The predicted molar refractivity (Wildman–Crippen MR) is 167 cm³/mol. The van der Waals surface area contributed by atoms with Crippen molar-refractivity contribution in [1.29, 1.82) is 0 Å². The molecule has 0 saturated carbocycles. The Morgan fingerprint density at radius 3 is 2.25 bits per heavy atom. The molecule has 2 unspecified atom stereocenters. The van der Waals surface area contributed by atoms with Crippen molar-refractivity contribution in [1.82, 2.24) is 0 Å². The van der Waals surface area contributed by atoms with E-state index in [0.717, 1.165) is 44.9 Å². The highest BCUT2D eigenvalue weighted by Crippen LogP contribution is 2.42. The molecule has 5 heteroatoms. The summed E-state index contributed by atoms with van der Waals surface area (Å²) in [5.41, 5.74) is 2.50. The van der Waals surface area contributed by atoms with E-state index in [1.807, 2.05) is 6.07 Å². The maximum absolute atomic E-state index is 13.4. The molecular weight excluding hydrogens is 516 g/mol. The molecule has 2 heterocycles. The average Bonchev–Trinajstić information content (AvgIpc) is 3.38. The fourth-order valence-corrected chi connectivity index (χ4v) is 8.64. The van der Waals surface area contributed by atoms with Crippen LogP contribution < -0.4 is 0 Å². The van der Waals surface area contributed by atoms with Crippen molar-refractivity contribution >= 4 is 9.84 Å². The van der Waals surface area contributed by atoms with Gasteiger partial charge in [-0.25, -0.2) is 8.42 Å². The molecule has 0 bridgehead atoms. The third-order valence-corrected chi connectivity index (χ3v) is 11.7. The van der Waals surface area contributed by atoms with Crippen molar-refractivity contribution in [2.75, 3.05) is 5.75 Å². The average molecular weight is 573 g/mol. The van der Waals surface area contributed by atoms with Gasteiger partial charge < -0.3 is 9.47 Å². The van der Waals surface area contributed by atoms with E-state index in [-0.39, 0.29) is 41.8 Å². The van der Waals surface area contributed by atoms with Crippen molar-refractivity contribution in [3.8, 4) is 0 Å². The second-order valence-electron chi connectivity index (χ2n) is 13.4. The lowest BCUT2D eigenvalue weighted by molar-refractivity contribution is 0.00922. The zero-order chi connectivity index (χ0) is 29.6. The molecule has 0 spiro atoms. The highest BCUT2D eigenvalue weighted by molar-refractivity contribution is 7.91. The molecule has 2 aliphatic rings. The molecule has 3 rings (SSSR count). The number of sulfone groups is 1. The summed E-state index contributed by atoms with van der Waals surface area (Å²) in [4.78, 5) is 0.410. The molecule has 10 atom stereocenters. The molecule has 4 nitrogen and oxygen atoms in total. The quantitative estimate of drug-likeness (QED) is 0.197. The molecule has 2 aliphatic heterocycles. The van der Waals surface area contributed by atoms with Crippen LogP contribution in [-0.2, 0) is 19.3 Å². The van der Waals surface area contributed by atoms with Crippen LogP contribution in [0, 0.1) is 35.5 Å². The van der Waals surface area contributed by atoms with Gasteiger partial charge in [-0.15, -0.1) is 0 Å². The Hall–Kier alpha value is -1.43. The molecule has 2 saturated heterocycles. The molecule has 2 fully saturated rings. The number of rotatable bonds is 15. The first-order valence-corrected chi connectivity index (χ1v) is 17.4. The Kier molecular flexibility index (Phi) is 12.1. The second-order valence-corrected chi connectivity index (χ2v) is 15.4. The van der Waals surface area contributed by atoms with Gasteiger partial charge in [-0.1, -0.05) is 84.9 Å². The number of ether oxygens (including phenoxy) is 2. The zero-order valence-electron chi connectivity index (χ0n) is 26.3. The minimum atomic E-state index is -3.40. The van der Waals surface area contributed by atoms with Gasteiger partial charge in [0.1, 0.15) is 0 Å². The van der Waals surface area contributed by atoms with E-state index in [0.29, 0.717) is 28.8 Å². The standard InChI is InChI=1S/C35H56O4S/c1-10-23(2)19-34-30(9)32(22-40(36,37)31-14-12-11-13-15-31)35(39-34)21-26(5)29(8)25(4)18-24(3)16-17-33-27(6)20-28(7)38-33/h11-15,23-26,28,30,32-35H,6,8,10,16-22H2,1-5,7,9H3/t23-,24-,25-,26-,28+,30-,32-,33?,34-,35?/m1/s1. The third-order valence-electron chi connectivity index (χ3n) is 9.87. The van der Waals surface area contributed by atoms with Gasteiger partial charge in [-0.05, 0) is 92.7 Å². The van der Waals surface area contributed by atoms with Crippen LogP contribution in [0.4, 0.5) is 0 Å². The Morgan fingerprint density at radius 2 is 1.65 bits per heavy atom. The van der Waals surface area contributed by atoms with Crippen molar-refractivity contribution in [2.24, 2.45) is 35.5 Å². The van der Waals surface area contributed by atoms with Crippen LogP contribution in [0.15, 0.2) is 59.5 Å². The fourth-order valence-electron chi connectivity index (χ4n) is 6.86. The minimum absolute atomic E-state index is 0.0226. The van der Waals surface area contributed by atoms with Crippen LogP contribution in [-0.4, -0.2) is 38.6 Å². The first-order chi connectivity index (χ1) is 18.8. The third kappa shape index (κ3) is 8.79. The van der Waals surface area contributed by atoms with E-state index in [9.17, 15) is 8.42 Å². The summed E-state index contributed by atoms with van der Waals surface area (Å²) in [5, 5.41) is 0. The first kappa shape index (κ1) is 33.1. The number of allylic oxidation sites excluding steroid dienone is 1. The Morgan fingerprint density at radius 1 is 0.975 bits per heavy atom. The van der Waals surface area contributed by atoms with Crippen LogP contribution in [0.3, 0.4) is 0 Å². The molecule has 0 N–H and O–H groups in total. The van der Waals surface area contributed by atoms with E-state index in [1.54, 1.807) is 24.3 Å². The highest BCUT2D eigenvalue weighted by Gasteiger charge is 2.44.